The van der Waals surface area contributed by atoms with Gasteiger partial charge in [0, 0.05) is 24.4 Å². The summed E-state index contributed by atoms with van der Waals surface area (Å²) in [6.45, 7) is 3.78. The Kier molecular flexibility index (Phi) is 4.98. The molecule has 0 N–H and O–H groups in total. The molecule has 25 heavy (non-hydrogen) atoms. The summed E-state index contributed by atoms with van der Waals surface area (Å²) in [4.78, 5) is 0. The van der Waals surface area contributed by atoms with Crippen molar-refractivity contribution in [1.82, 2.24) is 20.0 Å². The van der Waals surface area contributed by atoms with Crippen molar-refractivity contribution in [2.75, 3.05) is 11.5 Å². The highest BCUT2D eigenvalue weighted by atomic mass is 32.2. The minimum atomic E-state index is -3.00. The third-order valence-electron chi connectivity index (χ3n) is 3.89. The van der Waals surface area contributed by atoms with Crippen LogP contribution in [0.2, 0.25) is 0 Å². The summed E-state index contributed by atoms with van der Waals surface area (Å²) in [6, 6.07) is 8.00. The van der Waals surface area contributed by atoms with Crippen molar-refractivity contribution < 1.29 is 12.8 Å². The van der Waals surface area contributed by atoms with Crippen molar-refractivity contribution in [3.05, 3.63) is 54.0 Å². The van der Waals surface area contributed by atoms with Crippen LogP contribution in [0, 0.1) is 6.92 Å². The fraction of sp³-hybridized carbons (Fsp3) is 0.353. The van der Waals surface area contributed by atoms with E-state index < -0.39 is 9.84 Å². The maximum Gasteiger partial charge on any atom is 0.220 e. The van der Waals surface area contributed by atoms with E-state index in [2.05, 4.69) is 15.3 Å². The zero-order valence-corrected chi connectivity index (χ0v) is 15.0. The first-order valence-electron chi connectivity index (χ1n) is 8.06. The minimum absolute atomic E-state index is 0.0984. The van der Waals surface area contributed by atoms with E-state index in [0.29, 0.717) is 24.7 Å². The van der Waals surface area contributed by atoms with Gasteiger partial charge >= 0.3 is 0 Å². The Hall–Kier alpha value is -2.48. The van der Waals surface area contributed by atoms with Gasteiger partial charge in [-0.2, -0.15) is 5.10 Å². The SMILES string of the molecule is CCS(=O)(=O)CCn1cc(-c2cccc(Cc3nnc(C)o3)c2)cn1. The zero-order chi connectivity index (χ0) is 17.9. The highest BCUT2D eigenvalue weighted by Gasteiger charge is 2.10. The molecule has 132 valence electrons. The number of aromatic nitrogens is 4. The number of nitrogens with zero attached hydrogens (tertiary/aromatic N) is 4. The average molecular weight is 360 g/mol. The van der Waals surface area contributed by atoms with Crippen molar-refractivity contribution in [2.24, 2.45) is 0 Å². The monoisotopic (exact) mass is 360 g/mol. The van der Waals surface area contributed by atoms with Crippen molar-refractivity contribution in [2.45, 2.75) is 26.8 Å². The largest absolute Gasteiger partial charge is 0.425 e. The number of hydrogen-bond donors (Lipinski definition) is 0. The molecule has 2 heterocycles. The lowest BCUT2D eigenvalue weighted by Gasteiger charge is -2.03. The molecule has 0 fully saturated rings. The Morgan fingerprint density at radius 1 is 1.20 bits per heavy atom. The molecule has 3 aromatic rings. The fourth-order valence-electron chi connectivity index (χ4n) is 2.46. The van der Waals surface area contributed by atoms with Gasteiger partial charge in [0.1, 0.15) is 0 Å². The topological polar surface area (TPSA) is 90.9 Å². The van der Waals surface area contributed by atoms with Crippen LogP contribution in [0.1, 0.15) is 24.3 Å². The molecule has 0 spiro atoms. The van der Waals surface area contributed by atoms with E-state index >= 15 is 0 Å². The maximum atomic E-state index is 11.6. The lowest BCUT2D eigenvalue weighted by atomic mass is 10.0. The van der Waals surface area contributed by atoms with E-state index in [9.17, 15) is 8.42 Å². The van der Waals surface area contributed by atoms with E-state index in [4.69, 9.17) is 4.42 Å². The summed E-state index contributed by atoms with van der Waals surface area (Å²) >= 11 is 0. The second-order valence-electron chi connectivity index (χ2n) is 5.82. The summed E-state index contributed by atoms with van der Waals surface area (Å²) in [5.74, 6) is 1.38. The first-order valence-corrected chi connectivity index (χ1v) is 9.88. The molecule has 0 bridgehead atoms. The molecule has 0 aliphatic rings. The van der Waals surface area contributed by atoms with Gasteiger partial charge in [0.05, 0.1) is 24.9 Å². The normalized spacial score (nSPS) is 11.8. The Morgan fingerprint density at radius 2 is 2.04 bits per heavy atom. The predicted octanol–water partition coefficient (Wildman–Crippen LogP) is 2.27. The number of sulfone groups is 1. The third-order valence-corrected chi connectivity index (χ3v) is 5.57. The van der Waals surface area contributed by atoms with Crippen LogP contribution in [-0.4, -0.2) is 39.9 Å². The summed E-state index contributed by atoms with van der Waals surface area (Å²) in [5.41, 5.74) is 3.01. The van der Waals surface area contributed by atoms with Crippen molar-refractivity contribution >= 4 is 9.84 Å². The molecule has 0 unspecified atom stereocenters. The van der Waals surface area contributed by atoms with Crippen LogP contribution in [0.15, 0.2) is 41.1 Å². The number of hydrogen-bond acceptors (Lipinski definition) is 6. The second kappa shape index (κ2) is 7.18. The van der Waals surface area contributed by atoms with E-state index in [1.54, 1.807) is 24.7 Å². The van der Waals surface area contributed by atoms with Crippen molar-refractivity contribution in [3.8, 4) is 11.1 Å². The third kappa shape index (κ3) is 4.54. The summed E-state index contributed by atoms with van der Waals surface area (Å²) in [7, 11) is -3.00. The molecule has 0 saturated carbocycles. The van der Waals surface area contributed by atoms with Crippen LogP contribution in [0.5, 0.6) is 0 Å². The summed E-state index contributed by atoms with van der Waals surface area (Å²) < 4.78 is 30.3. The quantitative estimate of drug-likeness (QED) is 0.642. The summed E-state index contributed by atoms with van der Waals surface area (Å²) in [5, 5.41) is 12.1. The Bertz CT molecular complexity index is 960. The molecule has 3 rings (SSSR count). The van der Waals surface area contributed by atoms with Crippen LogP contribution in [0.3, 0.4) is 0 Å². The maximum absolute atomic E-state index is 11.6. The molecular weight excluding hydrogens is 340 g/mol. The smallest absolute Gasteiger partial charge is 0.220 e. The molecular formula is C17H20N4O3S. The van der Waals surface area contributed by atoms with Gasteiger partial charge in [0.25, 0.3) is 0 Å². The molecule has 0 amide bonds. The van der Waals surface area contributed by atoms with Crippen LogP contribution >= 0.6 is 0 Å². The number of aryl methyl sites for hydroxylation is 2. The summed E-state index contributed by atoms with van der Waals surface area (Å²) in [6.07, 6.45) is 4.17. The van der Waals surface area contributed by atoms with Gasteiger partial charge in [-0.25, -0.2) is 8.42 Å². The van der Waals surface area contributed by atoms with Gasteiger partial charge in [-0.15, -0.1) is 10.2 Å². The molecule has 0 aliphatic carbocycles. The van der Waals surface area contributed by atoms with Crippen LogP contribution in [0.25, 0.3) is 11.1 Å². The van der Waals surface area contributed by atoms with Gasteiger partial charge < -0.3 is 4.42 Å². The molecule has 1 aromatic carbocycles. The molecule has 0 radical (unpaired) electrons. The van der Waals surface area contributed by atoms with Crippen LogP contribution in [-0.2, 0) is 22.8 Å². The average Bonchev–Trinajstić information content (AvgIpc) is 3.23. The van der Waals surface area contributed by atoms with Gasteiger partial charge in [0.2, 0.25) is 11.8 Å². The van der Waals surface area contributed by atoms with Gasteiger partial charge in [-0.3, -0.25) is 4.68 Å². The Labute approximate surface area is 146 Å². The Morgan fingerprint density at radius 3 is 2.76 bits per heavy atom. The first-order chi connectivity index (χ1) is 11.9. The lowest BCUT2D eigenvalue weighted by Crippen LogP contribution is -2.14. The van der Waals surface area contributed by atoms with E-state index in [1.807, 2.05) is 30.5 Å². The van der Waals surface area contributed by atoms with Gasteiger partial charge in [-0.05, 0) is 11.1 Å². The van der Waals surface area contributed by atoms with E-state index in [0.717, 1.165) is 16.7 Å². The molecule has 2 aromatic heterocycles. The minimum Gasteiger partial charge on any atom is -0.425 e. The Balaban J connectivity index is 1.73. The first kappa shape index (κ1) is 17.3. The van der Waals surface area contributed by atoms with Gasteiger partial charge in [0.15, 0.2) is 9.84 Å². The number of rotatable bonds is 7. The lowest BCUT2D eigenvalue weighted by molar-refractivity contribution is 0.477. The van der Waals surface area contributed by atoms with Crippen molar-refractivity contribution in [1.29, 1.82) is 0 Å². The molecule has 0 atom stereocenters. The standard InChI is InChI=1S/C17H20N4O3S/c1-3-25(22,23)8-7-21-12-16(11-18-21)15-6-4-5-14(9-15)10-17-20-19-13(2)24-17/h4-6,9,11-12H,3,7-8,10H2,1-2H3. The molecule has 8 heteroatoms. The highest BCUT2D eigenvalue weighted by Crippen LogP contribution is 2.21. The van der Waals surface area contributed by atoms with Gasteiger partial charge in [-0.1, -0.05) is 31.2 Å². The zero-order valence-electron chi connectivity index (χ0n) is 14.2. The predicted molar refractivity (Wildman–Crippen MR) is 93.8 cm³/mol. The van der Waals surface area contributed by atoms with Crippen molar-refractivity contribution in [3.63, 3.8) is 0 Å². The second-order valence-corrected chi connectivity index (χ2v) is 8.29. The highest BCUT2D eigenvalue weighted by molar-refractivity contribution is 7.91. The fourth-order valence-corrected chi connectivity index (χ4v) is 3.21. The van der Waals surface area contributed by atoms with E-state index in [-0.39, 0.29) is 11.5 Å². The van der Waals surface area contributed by atoms with Crippen LogP contribution < -0.4 is 0 Å². The van der Waals surface area contributed by atoms with E-state index in [1.165, 1.54) is 0 Å². The molecule has 0 aliphatic heterocycles. The molecule has 7 nitrogen and oxygen atoms in total. The van der Waals surface area contributed by atoms with Crippen LogP contribution in [0.4, 0.5) is 0 Å². The molecule has 0 saturated heterocycles. The number of benzene rings is 1.